The van der Waals surface area contributed by atoms with Gasteiger partial charge in [0.05, 0.1) is 10.1 Å². The lowest BCUT2D eigenvalue weighted by atomic mass is 9.92. The van der Waals surface area contributed by atoms with E-state index in [1.807, 2.05) is 12.1 Å². The van der Waals surface area contributed by atoms with Gasteiger partial charge in [-0.1, -0.05) is 12.1 Å². The number of aryl methyl sites for hydroxylation is 1. The van der Waals surface area contributed by atoms with Crippen molar-refractivity contribution in [3.05, 3.63) is 47.7 Å². The van der Waals surface area contributed by atoms with Crippen molar-refractivity contribution in [2.24, 2.45) is 13.0 Å². The zero-order chi connectivity index (χ0) is 22.3. The zero-order valence-electron chi connectivity index (χ0n) is 18.3. The summed E-state index contributed by atoms with van der Waals surface area (Å²) in [6.07, 6.45) is 9.02. The Kier molecular flexibility index (Phi) is 5.67. The predicted molar refractivity (Wildman–Crippen MR) is 122 cm³/mol. The summed E-state index contributed by atoms with van der Waals surface area (Å²) in [4.78, 5) is 13.8. The van der Waals surface area contributed by atoms with E-state index in [-0.39, 0.29) is 23.0 Å². The first-order chi connectivity index (χ1) is 15.4. The number of hydrogen-bond acceptors (Lipinski definition) is 5. The number of carbonyl (C=O) groups excluding carboxylic acids is 1. The Hall–Kier alpha value is -2.45. The molecule has 2 aromatic rings. The molecule has 3 fully saturated rings. The smallest absolute Gasteiger partial charge is 0.257 e. The van der Waals surface area contributed by atoms with Gasteiger partial charge in [-0.2, -0.15) is 5.10 Å². The number of benzene rings is 1. The van der Waals surface area contributed by atoms with Crippen molar-refractivity contribution >= 4 is 27.1 Å². The van der Waals surface area contributed by atoms with Gasteiger partial charge in [-0.25, -0.2) is 8.42 Å². The number of sulfone groups is 1. The molecule has 170 valence electrons. The summed E-state index contributed by atoms with van der Waals surface area (Å²) in [5, 5.41) is 6.92. The lowest BCUT2D eigenvalue weighted by Crippen LogP contribution is -2.19. The maximum absolute atomic E-state index is 13.3. The number of rotatable bonds is 7. The van der Waals surface area contributed by atoms with E-state index in [1.54, 1.807) is 36.1 Å². The van der Waals surface area contributed by atoms with Crippen LogP contribution in [0.25, 0.3) is 5.57 Å². The number of hydrogen-bond donors (Lipinski definition) is 1. The zero-order valence-corrected chi connectivity index (χ0v) is 19.1. The van der Waals surface area contributed by atoms with Gasteiger partial charge in [-0.05, 0) is 73.6 Å². The quantitative estimate of drug-likeness (QED) is 0.643. The number of ether oxygens (including phenoxy) is 1. The topological polar surface area (TPSA) is 90.3 Å². The molecule has 8 heteroatoms. The Bertz CT molecular complexity index is 1150. The van der Waals surface area contributed by atoms with Crippen molar-refractivity contribution in [2.75, 3.05) is 18.5 Å². The largest absolute Gasteiger partial charge is 0.381 e. The molecule has 2 saturated carbocycles. The monoisotopic (exact) mass is 455 g/mol. The van der Waals surface area contributed by atoms with Crippen molar-refractivity contribution in [3.8, 4) is 0 Å². The van der Waals surface area contributed by atoms with Crippen LogP contribution in [0.1, 0.15) is 55.6 Å². The van der Waals surface area contributed by atoms with Gasteiger partial charge in [0.1, 0.15) is 0 Å². The molecule has 1 N–H and O–H groups in total. The van der Waals surface area contributed by atoms with E-state index in [4.69, 9.17) is 4.74 Å². The Morgan fingerprint density at radius 1 is 1.12 bits per heavy atom. The molecule has 1 aromatic heterocycles. The molecular weight excluding hydrogens is 426 g/mol. The third-order valence-electron chi connectivity index (χ3n) is 6.48. The highest BCUT2D eigenvalue weighted by atomic mass is 32.2. The summed E-state index contributed by atoms with van der Waals surface area (Å²) < 4.78 is 33.1. The molecule has 1 aliphatic heterocycles. The van der Waals surface area contributed by atoms with Gasteiger partial charge in [0.25, 0.3) is 5.91 Å². The summed E-state index contributed by atoms with van der Waals surface area (Å²) in [5.41, 5.74) is 2.21. The van der Waals surface area contributed by atoms with Crippen molar-refractivity contribution < 1.29 is 17.9 Å². The van der Waals surface area contributed by atoms with Crippen LogP contribution in [0.2, 0.25) is 0 Å². The molecule has 1 aromatic carbocycles. The summed E-state index contributed by atoms with van der Waals surface area (Å²) in [6.45, 7) is 1.37. The van der Waals surface area contributed by atoms with Crippen LogP contribution in [-0.4, -0.2) is 42.6 Å². The third-order valence-corrected chi connectivity index (χ3v) is 8.81. The second-order valence-electron chi connectivity index (χ2n) is 9.13. The molecule has 3 aliphatic rings. The van der Waals surface area contributed by atoms with Gasteiger partial charge >= 0.3 is 0 Å². The molecule has 0 unspecified atom stereocenters. The second kappa shape index (κ2) is 8.48. The maximum atomic E-state index is 13.3. The summed E-state index contributed by atoms with van der Waals surface area (Å²) in [6, 6.07) is 7.22. The molecular formula is C24H29N3O4S. The standard InChI is InChI=1S/C24H29N3O4S/c1-27-11-8-23(26-27)25-24(28)21(14-16-9-12-31-13-10-16)18-4-7-22(20(15-18)17-2-3-17)32(29,30)19-5-6-19/h4,7-8,11,14-17,19H,2-3,5-6,9-10,12-13H2,1H3,(H,25,26,28). The molecule has 2 heterocycles. The molecule has 0 radical (unpaired) electrons. The molecule has 0 bridgehead atoms. The molecule has 1 saturated heterocycles. The highest BCUT2D eigenvalue weighted by Gasteiger charge is 2.40. The molecule has 5 rings (SSSR count). The fraction of sp³-hybridized carbons (Fsp3) is 0.500. The molecule has 1 amide bonds. The lowest BCUT2D eigenvalue weighted by Gasteiger charge is -2.21. The Balaban J connectivity index is 1.52. The van der Waals surface area contributed by atoms with Crippen LogP contribution in [0, 0.1) is 5.92 Å². The van der Waals surface area contributed by atoms with Crippen LogP contribution in [0.4, 0.5) is 5.82 Å². The SMILES string of the molecule is Cn1ccc(NC(=O)C(=CC2CCOCC2)c2ccc(S(=O)(=O)C3CC3)c(C3CC3)c2)n1. The summed E-state index contributed by atoms with van der Waals surface area (Å²) in [7, 11) is -1.49. The summed E-state index contributed by atoms with van der Waals surface area (Å²) >= 11 is 0. The number of carbonyl (C=O) groups is 1. The van der Waals surface area contributed by atoms with Crippen LogP contribution in [-0.2, 0) is 26.4 Å². The van der Waals surface area contributed by atoms with Gasteiger partial charge < -0.3 is 10.1 Å². The van der Waals surface area contributed by atoms with Crippen molar-refractivity contribution in [1.82, 2.24) is 9.78 Å². The Labute approximate surface area is 188 Å². The number of allylic oxidation sites excluding steroid dienone is 1. The Morgan fingerprint density at radius 3 is 2.50 bits per heavy atom. The van der Waals surface area contributed by atoms with E-state index in [0.717, 1.165) is 49.7 Å². The van der Waals surface area contributed by atoms with Crippen LogP contribution in [0.5, 0.6) is 0 Å². The minimum Gasteiger partial charge on any atom is -0.381 e. The van der Waals surface area contributed by atoms with E-state index >= 15 is 0 Å². The van der Waals surface area contributed by atoms with Gasteiger partial charge in [-0.3, -0.25) is 9.48 Å². The minimum absolute atomic E-state index is 0.227. The second-order valence-corrected chi connectivity index (χ2v) is 11.3. The first-order valence-corrected chi connectivity index (χ1v) is 13.0. The van der Waals surface area contributed by atoms with Crippen LogP contribution in [0.3, 0.4) is 0 Å². The van der Waals surface area contributed by atoms with Gasteiger partial charge in [0, 0.05) is 38.1 Å². The van der Waals surface area contributed by atoms with Gasteiger partial charge in [0.2, 0.25) is 0 Å². The van der Waals surface area contributed by atoms with E-state index in [0.29, 0.717) is 29.5 Å². The normalized spacial score (nSPS) is 20.3. The number of amides is 1. The average molecular weight is 456 g/mol. The lowest BCUT2D eigenvalue weighted by molar-refractivity contribution is -0.111. The fourth-order valence-corrected chi connectivity index (χ4v) is 6.26. The van der Waals surface area contributed by atoms with Crippen molar-refractivity contribution in [3.63, 3.8) is 0 Å². The number of aromatic nitrogens is 2. The third kappa shape index (κ3) is 4.52. The molecule has 2 aliphatic carbocycles. The molecule has 0 atom stereocenters. The highest BCUT2D eigenvalue weighted by Crippen LogP contribution is 2.46. The first-order valence-electron chi connectivity index (χ1n) is 11.4. The first kappa shape index (κ1) is 21.4. The highest BCUT2D eigenvalue weighted by molar-refractivity contribution is 7.92. The Morgan fingerprint density at radius 2 is 1.88 bits per heavy atom. The van der Waals surface area contributed by atoms with E-state index in [2.05, 4.69) is 10.4 Å². The number of anilines is 1. The van der Waals surface area contributed by atoms with Crippen molar-refractivity contribution in [2.45, 2.75) is 54.6 Å². The van der Waals surface area contributed by atoms with Gasteiger partial charge in [0.15, 0.2) is 15.7 Å². The molecule has 0 spiro atoms. The van der Waals surface area contributed by atoms with E-state index in [1.165, 1.54) is 0 Å². The summed E-state index contributed by atoms with van der Waals surface area (Å²) in [5.74, 6) is 0.773. The fourth-order valence-electron chi connectivity index (χ4n) is 4.33. The number of nitrogens with one attached hydrogen (secondary N) is 1. The molecule has 7 nitrogen and oxygen atoms in total. The van der Waals surface area contributed by atoms with Crippen molar-refractivity contribution in [1.29, 1.82) is 0 Å². The minimum atomic E-state index is -3.29. The van der Waals surface area contributed by atoms with Crippen LogP contribution < -0.4 is 5.32 Å². The number of nitrogens with zero attached hydrogens (tertiary/aromatic N) is 2. The van der Waals surface area contributed by atoms with Gasteiger partial charge in [-0.15, -0.1) is 0 Å². The van der Waals surface area contributed by atoms with E-state index < -0.39 is 9.84 Å². The van der Waals surface area contributed by atoms with Crippen LogP contribution >= 0.6 is 0 Å². The molecule has 32 heavy (non-hydrogen) atoms. The average Bonchev–Trinajstić information content (AvgIpc) is 3.70. The maximum Gasteiger partial charge on any atom is 0.257 e. The van der Waals surface area contributed by atoms with E-state index in [9.17, 15) is 13.2 Å². The van der Waals surface area contributed by atoms with Crippen LogP contribution in [0.15, 0.2) is 41.4 Å². The predicted octanol–water partition coefficient (Wildman–Crippen LogP) is 3.68.